The van der Waals surface area contributed by atoms with Gasteiger partial charge in [-0.05, 0) is 197 Å². The molecule has 2 aromatic rings. The number of aliphatic hydroxyl groups excluding tert-OH is 6. The van der Waals surface area contributed by atoms with E-state index >= 15 is 0 Å². The summed E-state index contributed by atoms with van der Waals surface area (Å²) in [5.41, 5.74) is -3.55. The second-order valence-corrected chi connectivity index (χ2v) is 39.9. The molecule has 2 aromatic carbocycles. The third-order valence-corrected chi connectivity index (χ3v) is 32.0. The van der Waals surface area contributed by atoms with Gasteiger partial charge in [0.25, 0.3) is 0 Å². The second kappa shape index (κ2) is 38.3. The van der Waals surface area contributed by atoms with E-state index < -0.39 is 213 Å². The fourth-order valence-corrected chi connectivity index (χ4v) is 24.7. The van der Waals surface area contributed by atoms with Crippen molar-refractivity contribution in [2.75, 3.05) is 40.6 Å². The number of carbonyl (C=O) groups excluding carboxylic acids is 7. The number of methoxy groups -OCH3 is 2. The van der Waals surface area contributed by atoms with E-state index in [0.717, 1.165) is 13.8 Å². The number of hydrogen-bond acceptors (Lipinski definition) is 31. The van der Waals surface area contributed by atoms with E-state index in [1.807, 2.05) is 27.7 Å². The molecule has 0 amide bonds. The molecular formula is C95H134O31. The number of allylic oxidation sites excluding steroid dienone is 2. The number of hydrogen-bond donors (Lipinski definition) is 8. The Hall–Kier alpha value is -6.63. The maximum atomic E-state index is 14.7. The highest BCUT2D eigenvalue weighted by molar-refractivity contribution is 5.90. The van der Waals surface area contributed by atoms with Crippen LogP contribution in [0.1, 0.15) is 219 Å². The van der Waals surface area contributed by atoms with Gasteiger partial charge < -0.3 is 117 Å². The fraction of sp³-hybridized carbons (Fsp3) is 0.758. The molecule has 8 N–H and O–H groups in total. The van der Waals surface area contributed by atoms with Crippen LogP contribution in [0.15, 0.2) is 71.8 Å². The summed E-state index contributed by atoms with van der Waals surface area (Å²) in [5, 5.41) is 95.6. The number of fused-ring (bicyclic) bond motifs is 10. The first-order valence-corrected chi connectivity index (χ1v) is 45.7. The molecule has 8 aliphatic carbocycles. The molecule has 14 rings (SSSR count). The third kappa shape index (κ3) is 18.2. The average molecular weight is 1770 g/mol. The summed E-state index contributed by atoms with van der Waals surface area (Å²) in [6, 6.07) is 12.0. The number of ketones is 2. The maximum absolute atomic E-state index is 14.7. The molecule has 31 heteroatoms. The lowest BCUT2D eigenvalue weighted by Crippen LogP contribution is -2.64. The Morgan fingerprint density at radius 1 is 0.429 bits per heavy atom. The molecule has 31 nitrogen and oxygen atoms in total. The number of Topliss-reactive ketones (excluding diaryl/α,β-unsaturated/α-hetero) is 2. The van der Waals surface area contributed by atoms with E-state index in [1.54, 1.807) is 38.1 Å². The SMILES string of the molecule is COc1ccc(C(=O)O[C@@H]2[C@@H](O[C@H]3[C@H](OC(C)=O)[C@H](O[C@H]4C[C@H]5[C@@H]6CC=C7C[C@@H](OC(=O)O[C@H]8CC[C@@]9(C)C(=CC[C@@H]%10C9CC[C@@]9(C)[C@H]%10C[C@H](O[C@@H]%10OC[C@H](O)[C@H](O[C@@H]%11OC[C@@H](O)[C@H](O)[C@H]%11OC(=O)c%11ccc(OC)cc%11)[C@H]%10OC(C)=O)[C@]9(O)[C@H](C)C(=O)CCC(C)C)C8)CC[C@]7(C)C6CC[C@]5(C)[C@@]4(O)[C@H](C)C(=O)CCC(C)C)OC[C@H]3O)OC[C@H](O)[C@H]2O)cc1. The zero-order valence-electron chi connectivity index (χ0n) is 75.1. The van der Waals surface area contributed by atoms with E-state index in [2.05, 4.69) is 39.8 Å². The highest BCUT2D eigenvalue weighted by Crippen LogP contribution is 2.72. The standard InChI is InChI=1S/C95H134O31/c1-47(2)15-29-67(98)49(5)94(109)73(121-87-81(117-51(7)96)77(71(102)45-115-87)125-85-79(75(104)69(100)43-113-85)123-83(106)53-17-23-57(111-13)24-18-53)41-65-61-27-21-55-39-59(31-35-90(55,9)63(61)33-37-92(65,94)11)119-89(108)120-60-32-36-91(10)56(40-60)22-28-62-64(91)34-38-93(12)66(62)42-74(95(93,110)50(6)68(99)30-16-48(3)4)122-88-82(118-52(8)97)78(72(103)46-116-88)126-86-80(76(105)70(101)44-114-86)124-84(107)54-19-25-58(112-14)26-20-54/h17-26,47-50,59-66,69-82,85-88,100-105,109-110H,15-16,27-46H2,1-14H3/t49-,50-,59+,60+,61-,62-,63?,64?,65+,66+,69-,70+,71+,72-,73+,74+,75+,76-,77+,78-,79-,80+,81-,82+,85+,86-,87+,88+,90+,91+,92+,93+,94-,95-/m1/s1. The van der Waals surface area contributed by atoms with Crippen LogP contribution in [-0.4, -0.2) is 257 Å². The van der Waals surface area contributed by atoms with Crippen molar-refractivity contribution >= 4 is 41.6 Å². The molecule has 2 unspecified atom stereocenters. The van der Waals surface area contributed by atoms with Gasteiger partial charge in [-0.25, -0.2) is 14.4 Å². The smallest absolute Gasteiger partial charge is 0.497 e. The molecule has 700 valence electrons. The minimum absolute atomic E-state index is 0.00143. The molecule has 0 radical (unpaired) electrons. The van der Waals surface area contributed by atoms with E-state index in [9.17, 15) is 74.4 Å². The van der Waals surface area contributed by atoms with E-state index in [4.69, 9.17) is 75.8 Å². The van der Waals surface area contributed by atoms with E-state index in [0.29, 0.717) is 101 Å². The van der Waals surface area contributed by atoms with E-state index in [-0.39, 0.29) is 107 Å². The molecule has 10 fully saturated rings. The van der Waals surface area contributed by atoms with Crippen LogP contribution >= 0.6 is 0 Å². The molecule has 126 heavy (non-hydrogen) atoms. The predicted octanol–water partition coefficient (Wildman–Crippen LogP) is 9.23. The summed E-state index contributed by atoms with van der Waals surface area (Å²) in [5.74, 6) is -4.42. The first kappa shape index (κ1) is 95.5. The minimum Gasteiger partial charge on any atom is -0.497 e. The normalized spacial score (nSPS) is 41.7. The van der Waals surface area contributed by atoms with Crippen molar-refractivity contribution in [1.82, 2.24) is 0 Å². The molecule has 0 bridgehead atoms. The van der Waals surface area contributed by atoms with Crippen molar-refractivity contribution < 1.29 is 150 Å². The molecule has 12 aliphatic rings. The summed E-state index contributed by atoms with van der Waals surface area (Å²) in [7, 11) is 2.94. The van der Waals surface area contributed by atoms with Gasteiger partial charge in [-0.1, -0.05) is 92.5 Å². The summed E-state index contributed by atoms with van der Waals surface area (Å²) in [4.78, 5) is 97.3. The maximum Gasteiger partial charge on any atom is 0.508 e. The zero-order chi connectivity index (χ0) is 90.8. The lowest BCUT2D eigenvalue weighted by Gasteiger charge is -2.59. The Bertz CT molecular complexity index is 4000. The van der Waals surface area contributed by atoms with Gasteiger partial charge in [0.15, 0.2) is 49.6 Å². The number of esters is 4. The Balaban J connectivity index is 0.643. The van der Waals surface area contributed by atoms with Gasteiger partial charge in [0.05, 0.1) is 64.0 Å². The van der Waals surface area contributed by atoms with Crippen LogP contribution < -0.4 is 9.47 Å². The molecule has 4 saturated heterocycles. The van der Waals surface area contributed by atoms with Crippen LogP contribution in [0.25, 0.3) is 0 Å². The zero-order valence-corrected chi connectivity index (χ0v) is 75.1. The average Bonchev–Trinajstić information content (AvgIpc) is 1.52. The van der Waals surface area contributed by atoms with Crippen LogP contribution in [0.3, 0.4) is 0 Å². The minimum atomic E-state index is -1.81. The largest absolute Gasteiger partial charge is 0.508 e. The Morgan fingerprint density at radius 2 is 0.778 bits per heavy atom. The van der Waals surface area contributed by atoms with Gasteiger partial charge >= 0.3 is 30.0 Å². The first-order valence-electron chi connectivity index (χ1n) is 45.7. The summed E-state index contributed by atoms with van der Waals surface area (Å²) in [6.07, 6.45) is -15.2. The molecule has 0 spiro atoms. The number of ether oxygens (including phenoxy) is 16. The van der Waals surface area contributed by atoms with Gasteiger partial charge in [-0.15, -0.1) is 0 Å². The first-order chi connectivity index (χ1) is 59.7. The van der Waals surface area contributed by atoms with Crippen molar-refractivity contribution in [3.63, 3.8) is 0 Å². The van der Waals surface area contributed by atoms with Crippen LogP contribution in [0.5, 0.6) is 11.5 Å². The lowest BCUT2D eigenvalue weighted by atomic mass is 9.46. The topological polar surface area (TPSA) is 429 Å². The summed E-state index contributed by atoms with van der Waals surface area (Å²) in [6.45, 7) is 20.9. The van der Waals surface area contributed by atoms with Gasteiger partial charge in [0.1, 0.15) is 95.3 Å². The predicted molar refractivity (Wildman–Crippen MR) is 446 cm³/mol. The summed E-state index contributed by atoms with van der Waals surface area (Å²) >= 11 is 0. The van der Waals surface area contributed by atoms with Crippen LogP contribution in [0.4, 0.5) is 4.79 Å². The van der Waals surface area contributed by atoms with Crippen LogP contribution in [0, 0.1) is 80.8 Å². The monoisotopic (exact) mass is 1770 g/mol. The number of aliphatic hydroxyl groups is 8. The quantitative estimate of drug-likeness (QED) is 0.0223. The molecule has 6 saturated carbocycles. The Labute approximate surface area is 737 Å². The van der Waals surface area contributed by atoms with Crippen molar-refractivity contribution in [3.05, 3.63) is 83.0 Å². The summed E-state index contributed by atoms with van der Waals surface area (Å²) < 4.78 is 97.6. The van der Waals surface area contributed by atoms with Crippen molar-refractivity contribution in [1.29, 1.82) is 0 Å². The van der Waals surface area contributed by atoms with Crippen LogP contribution in [-0.2, 0) is 85.5 Å². The molecule has 4 heterocycles. The van der Waals surface area contributed by atoms with Gasteiger partial charge in [-0.2, -0.15) is 0 Å². The lowest BCUT2D eigenvalue weighted by molar-refractivity contribution is -0.345. The highest BCUT2D eigenvalue weighted by Gasteiger charge is 2.73. The highest BCUT2D eigenvalue weighted by atomic mass is 16.8. The van der Waals surface area contributed by atoms with E-state index in [1.165, 1.54) is 49.6 Å². The fourth-order valence-electron chi connectivity index (χ4n) is 24.7. The van der Waals surface area contributed by atoms with Crippen molar-refractivity contribution in [3.8, 4) is 11.5 Å². The molecular weight excluding hydrogens is 1640 g/mol. The van der Waals surface area contributed by atoms with Gasteiger partial charge in [0, 0.05) is 62.2 Å². The number of benzene rings is 2. The molecule has 0 aromatic heterocycles. The van der Waals surface area contributed by atoms with Crippen molar-refractivity contribution in [2.45, 2.75) is 333 Å². The molecule has 4 aliphatic heterocycles. The Kier molecular flexibility index (Phi) is 29.0. The van der Waals surface area contributed by atoms with Gasteiger partial charge in [0.2, 0.25) is 0 Å². The number of carbonyl (C=O) groups is 7. The Morgan fingerprint density at radius 3 is 1.12 bits per heavy atom. The molecule has 34 atom stereocenters. The second-order valence-electron chi connectivity index (χ2n) is 39.9. The number of rotatable bonds is 28. The van der Waals surface area contributed by atoms with Crippen LogP contribution in [0.2, 0.25) is 0 Å². The van der Waals surface area contributed by atoms with Gasteiger partial charge in [-0.3, -0.25) is 19.2 Å². The third-order valence-electron chi connectivity index (χ3n) is 32.0. The van der Waals surface area contributed by atoms with Crippen molar-refractivity contribution in [2.24, 2.45) is 80.8 Å².